The molecule has 1 heterocycles. The number of alkyl carbamates (subject to hydrolysis) is 1. The Morgan fingerprint density at radius 3 is 2.30 bits per heavy atom. The molecule has 0 radical (unpaired) electrons. The fourth-order valence-electron chi connectivity index (χ4n) is 5.03. The van der Waals surface area contributed by atoms with Crippen LogP contribution in [0.3, 0.4) is 0 Å². The van der Waals surface area contributed by atoms with Crippen molar-refractivity contribution in [2.24, 2.45) is 0 Å². The second kappa shape index (κ2) is 19.3. The monoisotopic (exact) mass is 671 g/mol. The van der Waals surface area contributed by atoms with E-state index < -0.39 is 36.0 Å². The average Bonchev–Trinajstić information content (AvgIpc) is 3.07. The Hall–Kier alpha value is -4.39. The molecule has 13 heteroatoms. The first-order valence-corrected chi connectivity index (χ1v) is 15.6. The Bertz CT molecular complexity index is 1450. The summed E-state index contributed by atoms with van der Waals surface area (Å²) in [7, 11) is 2.54. The molecule has 1 unspecified atom stereocenters. The first-order chi connectivity index (χ1) is 22.7. The number of hydrogen-bond donors (Lipinski definition) is 3. The molecule has 47 heavy (non-hydrogen) atoms. The van der Waals surface area contributed by atoms with Crippen LogP contribution < -0.4 is 16.0 Å². The van der Waals surface area contributed by atoms with E-state index in [1.165, 1.54) is 14.2 Å². The van der Waals surface area contributed by atoms with Gasteiger partial charge in [0.1, 0.15) is 12.6 Å². The van der Waals surface area contributed by atoms with Gasteiger partial charge in [-0.25, -0.2) is 19.2 Å². The summed E-state index contributed by atoms with van der Waals surface area (Å²) in [5.41, 5.74) is 2.80. The van der Waals surface area contributed by atoms with E-state index in [1.54, 1.807) is 38.1 Å². The lowest BCUT2D eigenvalue weighted by Gasteiger charge is -2.31. The van der Waals surface area contributed by atoms with Crippen molar-refractivity contribution < 1.29 is 42.9 Å². The van der Waals surface area contributed by atoms with E-state index in [0.29, 0.717) is 47.9 Å². The summed E-state index contributed by atoms with van der Waals surface area (Å²) in [4.78, 5) is 50.6. The van der Waals surface area contributed by atoms with E-state index in [-0.39, 0.29) is 37.6 Å². The molecule has 0 saturated heterocycles. The van der Waals surface area contributed by atoms with Crippen molar-refractivity contribution >= 4 is 35.6 Å². The number of carbonyl (C=O) groups is 4. The summed E-state index contributed by atoms with van der Waals surface area (Å²) in [5, 5.41) is 9.33. The van der Waals surface area contributed by atoms with Gasteiger partial charge in [-0.15, -0.1) is 0 Å². The minimum Gasteiger partial charge on any atom is -0.467 e. The van der Waals surface area contributed by atoms with Crippen LogP contribution in [0.25, 0.3) is 0 Å². The molecule has 2 aromatic rings. The number of carbonyl (C=O) groups excluding carboxylic acids is 4. The first kappa shape index (κ1) is 37.1. The molecule has 2 atom stereocenters. The second-order valence-corrected chi connectivity index (χ2v) is 10.9. The molecular formula is C34H42ClN3O9. The maximum Gasteiger partial charge on any atom is 0.408 e. The van der Waals surface area contributed by atoms with E-state index in [9.17, 15) is 19.2 Å². The number of halogens is 1. The quantitative estimate of drug-likeness (QED) is 0.126. The topological polar surface area (TPSA) is 151 Å². The number of amides is 1. The van der Waals surface area contributed by atoms with Crippen molar-refractivity contribution in [2.75, 3.05) is 47.1 Å². The van der Waals surface area contributed by atoms with Crippen LogP contribution >= 0.6 is 11.6 Å². The van der Waals surface area contributed by atoms with E-state index in [4.69, 9.17) is 35.3 Å². The number of allylic oxidation sites excluding steroid dienone is 1. The number of nitrogens with one attached hydrogen (secondary N) is 3. The lowest BCUT2D eigenvalue weighted by Crippen LogP contribution is -2.42. The summed E-state index contributed by atoms with van der Waals surface area (Å²) in [6.45, 7) is 4.95. The molecule has 0 bridgehead atoms. The van der Waals surface area contributed by atoms with Crippen molar-refractivity contribution in [3.05, 3.63) is 93.3 Å². The highest BCUT2D eigenvalue weighted by Crippen LogP contribution is 2.41. The maximum absolute atomic E-state index is 13.3. The van der Waals surface area contributed by atoms with Crippen molar-refractivity contribution in [1.29, 1.82) is 0 Å². The van der Waals surface area contributed by atoms with Crippen LogP contribution in [0.1, 0.15) is 43.7 Å². The fraction of sp³-hybridized carbons (Fsp3) is 0.412. The van der Waals surface area contributed by atoms with Crippen molar-refractivity contribution in [2.45, 2.75) is 45.3 Å². The Morgan fingerprint density at radius 1 is 0.894 bits per heavy atom. The highest BCUT2D eigenvalue weighted by Gasteiger charge is 2.39. The summed E-state index contributed by atoms with van der Waals surface area (Å²) in [6, 6.07) is 15.3. The Balaban J connectivity index is 1.55. The number of hydrogen-bond acceptors (Lipinski definition) is 11. The molecule has 3 N–H and O–H groups in total. The van der Waals surface area contributed by atoms with Gasteiger partial charge >= 0.3 is 24.0 Å². The number of benzene rings is 2. The average molecular weight is 672 g/mol. The molecule has 12 nitrogen and oxygen atoms in total. The SMILES string of the molecule is CCOC(=O)C1=C(COCCNCCC[C@H](NC(=O)OCc2ccccc2)C(=O)OC)NC(C)=C(C(=O)OC)C1c1ccccc1Cl. The fourth-order valence-corrected chi connectivity index (χ4v) is 5.28. The molecule has 254 valence electrons. The van der Waals surface area contributed by atoms with Gasteiger partial charge in [-0.1, -0.05) is 60.1 Å². The molecule has 0 aromatic heterocycles. The van der Waals surface area contributed by atoms with Crippen LogP contribution in [0.5, 0.6) is 0 Å². The van der Waals surface area contributed by atoms with E-state index in [2.05, 4.69) is 16.0 Å². The Kier molecular flexibility index (Phi) is 15.2. The van der Waals surface area contributed by atoms with Crippen LogP contribution in [0, 0.1) is 0 Å². The number of ether oxygens (including phenoxy) is 5. The normalized spacial score (nSPS) is 15.0. The van der Waals surface area contributed by atoms with Gasteiger partial charge in [0.2, 0.25) is 0 Å². The lowest BCUT2D eigenvalue weighted by molar-refractivity contribution is -0.143. The number of methoxy groups -OCH3 is 2. The van der Waals surface area contributed by atoms with Gasteiger partial charge in [0, 0.05) is 17.3 Å². The van der Waals surface area contributed by atoms with Crippen LogP contribution in [-0.2, 0) is 44.7 Å². The zero-order valence-electron chi connectivity index (χ0n) is 27.1. The summed E-state index contributed by atoms with van der Waals surface area (Å²) < 4.78 is 26.4. The van der Waals surface area contributed by atoms with Crippen molar-refractivity contribution in [1.82, 2.24) is 16.0 Å². The third-order valence-corrected chi connectivity index (χ3v) is 7.61. The van der Waals surface area contributed by atoms with Gasteiger partial charge in [0.05, 0.1) is 56.8 Å². The van der Waals surface area contributed by atoms with Gasteiger partial charge in [0.15, 0.2) is 0 Å². The van der Waals surface area contributed by atoms with Crippen LogP contribution in [0.2, 0.25) is 5.02 Å². The van der Waals surface area contributed by atoms with Gasteiger partial charge in [-0.2, -0.15) is 0 Å². The number of esters is 3. The Morgan fingerprint density at radius 2 is 1.62 bits per heavy atom. The van der Waals surface area contributed by atoms with Gasteiger partial charge < -0.3 is 39.6 Å². The number of rotatable bonds is 17. The highest BCUT2D eigenvalue weighted by molar-refractivity contribution is 6.31. The highest BCUT2D eigenvalue weighted by atomic mass is 35.5. The minimum absolute atomic E-state index is 0.0298. The molecule has 2 aromatic carbocycles. The number of dihydropyridines is 1. The summed E-state index contributed by atoms with van der Waals surface area (Å²) in [5.74, 6) is -2.60. The predicted octanol–water partition coefficient (Wildman–Crippen LogP) is 4.15. The zero-order valence-corrected chi connectivity index (χ0v) is 27.8. The lowest BCUT2D eigenvalue weighted by atomic mass is 9.80. The molecule has 3 rings (SSSR count). The molecule has 0 aliphatic carbocycles. The molecule has 1 amide bonds. The minimum atomic E-state index is -0.857. The van der Waals surface area contributed by atoms with Gasteiger partial charge in [-0.3, -0.25) is 0 Å². The molecule has 1 aliphatic rings. The predicted molar refractivity (Wildman–Crippen MR) is 174 cm³/mol. The summed E-state index contributed by atoms with van der Waals surface area (Å²) >= 11 is 6.55. The molecule has 0 saturated carbocycles. The molecule has 0 spiro atoms. The van der Waals surface area contributed by atoms with Crippen molar-refractivity contribution in [3.8, 4) is 0 Å². The third kappa shape index (κ3) is 10.8. The van der Waals surface area contributed by atoms with Crippen LogP contribution in [-0.4, -0.2) is 77.2 Å². The van der Waals surface area contributed by atoms with Gasteiger partial charge in [-0.05, 0) is 50.4 Å². The third-order valence-electron chi connectivity index (χ3n) is 7.27. The zero-order chi connectivity index (χ0) is 34.2. The Labute approximate surface area is 279 Å². The largest absolute Gasteiger partial charge is 0.467 e. The van der Waals surface area contributed by atoms with Crippen molar-refractivity contribution in [3.63, 3.8) is 0 Å². The van der Waals surface area contributed by atoms with Crippen LogP contribution in [0.4, 0.5) is 4.79 Å². The van der Waals surface area contributed by atoms with Gasteiger partial charge in [0.25, 0.3) is 0 Å². The van der Waals surface area contributed by atoms with E-state index in [0.717, 1.165) is 5.56 Å². The maximum atomic E-state index is 13.3. The smallest absolute Gasteiger partial charge is 0.408 e. The van der Waals surface area contributed by atoms with E-state index >= 15 is 0 Å². The molecule has 0 fully saturated rings. The second-order valence-electron chi connectivity index (χ2n) is 10.4. The standard InChI is InChI=1S/C34H42ClN3O9/c1-5-46-33(41)30-27(37-22(2)28(32(40)44-4)29(30)24-14-9-10-15-25(24)35)21-45-19-18-36-17-11-16-26(31(39)43-3)38-34(42)47-20-23-12-7-6-8-13-23/h6-10,12-15,26,29,36-37H,5,11,16-21H2,1-4H3,(H,38,42)/t26-,29?/m0/s1. The van der Waals surface area contributed by atoms with E-state index in [1.807, 2.05) is 30.3 Å². The first-order valence-electron chi connectivity index (χ1n) is 15.3. The molecule has 1 aliphatic heterocycles. The summed E-state index contributed by atoms with van der Waals surface area (Å²) in [6.07, 6.45) is 0.176. The molecular weight excluding hydrogens is 630 g/mol. The van der Waals surface area contributed by atoms with Crippen LogP contribution in [0.15, 0.2) is 77.1 Å².